The fourth-order valence-corrected chi connectivity index (χ4v) is 1.35. The summed E-state index contributed by atoms with van der Waals surface area (Å²) in [6.45, 7) is 4.02. The zero-order chi connectivity index (χ0) is 8.23. The third-order valence-electron chi connectivity index (χ3n) is 2.00. The topological polar surface area (TPSA) is 12.0 Å². The van der Waals surface area contributed by atoms with Gasteiger partial charge in [0.2, 0.25) is 0 Å². The van der Waals surface area contributed by atoms with Crippen LogP contribution in [0.15, 0.2) is 36.4 Å². The van der Waals surface area contributed by atoms with Crippen molar-refractivity contribution in [2.24, 2.45) is 0 Å². The fraction of sp³-hybridized carbons (Fsp3) is 0.182. The summed E-state index contributed by atoms with van der Waals surface area (Å²) in [4.78, 5) is 0. The maximum atomic E-state index is 3.12. The van der Waals surface area contributed by atoms with Crippen molar-refractivity contribution in [3.05, 3.63) is 48.5 Å². The fourth-order valence-electron chi connectivity index (χ4n) is 1.35. The van der Waals surface area contributed by atoms with E-state index in [4.69, 9.17) is 0 Å². The van der Waals surface area contributed by atoms with Crippen LogP contribution in [0.2, 0.25) is 0 Å². The first-order chi connectivity index (χ1) is 5.97. The Morgan fingerprint density at radius 1 is 1.17 bits per heavy atom. The van der Waals surface area contributed by atoms with Crippen LogP contribution in [0.3, 0.4) is 0 Å². The van der Waals surface area contributed by atoms with Crippen molar-refractivity contribution < 1.29 is 0 Å². The standard InChI is InChI=1S/C11H11N/c1-2-4-10(5-3-1)11-6-8-12-9-7-11/h1-6,12H,7-8H2. The molecule has 0 saturated carbocycles. The first-order valence-corrected chi connectivity index (χ1v) is 4.17. The Balaban J connectivity index is 2.24. The number of nitrogens with one attached hydrogen (secondary N) is 1. The summed E-state index contributed by atoms with van der Waals surface area (Å²) in [5.74, 6) is 0. The van der Waals surface area contributed by atoms with Crippen molar-refractivity contribution in [3.8, 4) is 0 Å². The lowest BCUT2D eigenvalue weighted by Crippen LogP contribution is -2.14. The third-order valence-corrected chi connectivity index (χ3v) is 2.00. The van der Waals surface area contributed by atoms with Gasteiger partial charge in [-0.15, -0.1) is 0 Å². The van der Waals surface area contributed by atoms with Crippen LogP contribution in [-0.2, 0) is 0 Å². The summed E-state index contributed by atoms with van der Waals surface area (Å²) in [5, 5.41) is 3.06. The molecule has 0 fully saturated rings. The van der Waals surface area contributed by atoms with E-state index in [0.29, 0.717) is 0 Å². The monoisotopic (exact) mass is 157 g/mol. The Labute approximate surface area is 73.1 Å². The molecule has 1 aromatic carbocycles. The van der Waals surface area contributed by atoms with Gasteiger partial charge in [-0.3, -0.25) is 0 Å². The lowest BCUT2D eigenvalue weighted by Gasteiger charge is -2.12. The van der Waals surface area contributed by atoms with Crippen LogP contribution in [0.4, 0.5) is 0 Å². The lowest BCUT2D eigenvalue weighted by molar-refractivity contribution is 0.839. The molecule has 0 bridgehead atoms. The van der Waals surface area contributed by atoms with Crippen LogP contribution in [0, 0.1) is 6.54 Å². The summed E-state index contributed by atoms with van der Waals surface area (Å²) in [6, 6.07) is 10.5. The molecule has 1 aliphatic rings. The Bertz CT molecular complexity index is 274. The number of hydrogen-bond acceptors (Lipinski definition) is 1. The normalized spacial score (nSPS) is 17.2. The van der Waals surface area contributed by atoms with Gasteiger partial charge in [0.05, 0.1) is 6.54 Å². The second-order valence-electron chi connectivity index (χ2n) is 2.83. The van der Waals surface area contributed by atoms with E-state index in [9.17, 15) is 0 Å². The Kier molecular flexibility index (Phi) is 2.23. The van der Waals surface area contributed by atoms with Gasteiger partial charge in [-0.25, -0.2) is 0 Å². The summed E-state index contributed by atoms with van der Waals surface area (Å²) < 4.78 is 0. The summed E-state index contributed by atoms with van der Waals surface area (Å²) in [7, 11) is 0. The van der Waals surface area contributed by atoms with Crippen LogP contribution in [-0.4, -0.2) is 6.54 Å². The maximum absolute atomic E-state index is 3.12. The van der Waals surface area contributed by atoms with E-state index in [1.165, 1.54) is 11.1 Å². The molecule has 0 atom stereocenters. The minimum atomic E-state index is 0.907. The largest absolute Gasteiger partial charge is 0.304 e. The molecule has 1 heteroatoms. The summed E-state index contributed by atoms with van der Waals surface area (Å²) in [5.41, 5.74) is 2.68. The van der Waals surface area contributed by atoms with Gasteiger partial charge in [0.15, 0.2) is 0 Å². The Hall–Kier alpha value is -1.08. The van der Waals surface area contributed by atoms with Crippen LogP contribution in [0.5, 0.6) is 0 Å². The highest BCUT2D eigenvalue weighted by Gasteiger charge is 2.04. The van der Waals surface area contributed by atoms with E-state index in [0.717, 1.165) is 13.0 Å². The average Bonchev–Trinajstić information content (AvgIpc) is 2.21. The van der Waals surface area contributed by atoms with Gasteiger partial charge in [-0.2, -0.15) is 0 Å². The highest BCUT2D eigenvalue weighted by molar-refractivity contribution is 5.67. The SMILES string of the molecule is [C]1CC(c2ccccc2)=CCN1. The molecule has 2 radical (unpaired) electrons. The zero-order valence-electron chi connectivity index (χ0n) is 6.88. The second-order valence-corrected chi connectivity index (χ2v) is 2.83. The predicted octanol–water partition coefficient (Wildman–Crippen LogP) is 2.10. The van der Waals surface area contributed by atoms with E-state index in [1.54, 1.807) is 0 Å². The van der Waals surface area contributed by atoms with E-state index < -0.39 is 0 Å². The molecule has 1 aromatic rings. The Morgan fingerprint density at radius 2 is 2.00 bits per heavy atom. The minimum absolute atomic E-state index is 0.907. The van der Waals surface area contributed by atoms with Crippen molar-refractivity contribution in [1.29, 1.82) is 0 Å². The van der Waals surface area contributed by atoms with Gasteiger partial charge in [0.1, 0.15) is 0 Å². The van der Waals surface area contributed by atoms with Crippen molar-refractivity contribution in [2.75, 3.05) is 6.54 Å². The minimum Gasteiger partial charge on any atom is -0.304 e. The van der Waals surface area contributed by atoms with E-state index in [2.05, 4.69) is 42.2 Å². The van der Waals surface area contributed by atoms with Gasteiger partial charge in [0.25, 0.3) is 0 Å². The molecule has 0 saturated heterocycles. The molecule has 1 nitrogen and oxygen atoms in total. The molecule has 0 unspecified atom stereocenters. The highest BCUT2D eigenvalue weighted by Crippen LogP contribution is 2.19. The highest BCUT2D eigenvalue weighted by atomic mass is 14.8. The predicted molar refractivity (Wildman–Crippen MR) is 50.3 cm³/mol. The molecule has 1 aliphatic heterocycles. The number of benzene rings is 1. The van der Waals surface area contributed by atoms with Crippen molar-refractivity contribution in [3.63, 3.8) is 0 Å². The zero-order valence-corrected chi connectivity index (χ0v) is 6.88. The molecular formula is C11H11N. The molecule has 0 amide bonds. The van der Waals surface area contributed by atoms with Crippen LogP contribution >= 0.6 is 0 Å². The smallest absolute Gasteiger partial charge is 0.0636 e. The molecule has 0 aliphatic carbocycles. The van der Waals surface area contributed by atoms with Crippen molar-refractivity contribution >= 4 is 5.57 Å². The van der Waals surface area contributed by atoms with Gasteiger partial charge in [-0.05, 0) is 17.6 Å². The Morgan fingerprint density at radius 3 is 2.67 bits per heavy atom. The van der Waals surface area contributed by atoms with Crippen molar-refractivity contribution in [1.82, 2.24) is 5.32 Å². The molecule has 12 heavy (non-hydrogen) atoms. The molecule has 2 rings (SSSR count). The van der Waals surface area contributed by atoms with E-state index in [-0.39, 0.29) is 0 Å². The van der Waals surface area contributed by atoms with Crippen LogP contribution < -0.4 is 5.32 Å². The van der Waals surface area contributed by atoms with E-state index in [1.807, 2.05) is 6.07 Å². The maximum Gasteiger partial charge on any atom is 0.0636 e. The van der Waals surface area contributed by atoms with Crippen LogP contribution in [0.25, 0.3) is 5.57 Å². The summed E-state index contributed by atoms with van der Waals surface area (Å²) in [6.07, 6.45) is 3.12. The van der Waals surface area contributed by atoms with Gasteiger partial charge in [0, 0.05) is 6.54 Å². The van der Waals surface area contributed by atoms with Gasteiger partial charge >= 0.3 is 0 Å². The summed E-state index contributed by atoms with van der Waals surface area (Å²) >= 11 is 0. The quantitative estimate of drug-likeness (QED) is 0.658. The first-order valence-electron chi connectivity index (χ1n) is 4.17. The number of hydrogen-bond donors (Lipinski definition) is 1. The lowest BCUT2D eigenvalue weighted by atomic mass is 10.0. The van der Waals surface area contributed by atoms with Crippen molar-refractivity contribution in [2.45, 2.75) is 6.42 Å². The average molecular weight is 157 g/mol. The number of rotatable bonds is 1. The molecule has 0 aromatic heterocycles. The molecule has 0 spiro atoms. The van der Waals surface area contributed by atoms with Gasteiger partial charge in [-0.1, -0.05) is 36.4 Å². The third kappa shape index (κ3) is 1.56. The molecule has 1 heterocycles. The molecular weight excluding hydrogens is 146 g/mol. The van der Waals surface area contributed by atoms with E-state index >= 15 is 0 Å². The second kappa shape index (κ2) is 3.55. The first kappa shape index (κ1) is 7.56. The molecule has 60 valence electrons. The molecule has 1 N–H and O–H groups in total. The van der Waals surface area contributed by atoms with Crippen LogP contribution in [0.1, 0.15) is 12.0 Å². The van der Waals surface area contributed by atoms with Gasteiger partial charge < -0.3 is 5.32 Å².